The lowest BCUT2D eigenvalue weighted by Crippen LogP contribution is -2.29. The molecule has 6 nitrogen and oxygen atoms in total. The van der Waals surface area contributed by atoms with E-state index in [0.29, 0.717) is 6.04 Å². The maximum atomic E-state index is 11.3. The van der Waals surface area contributed by atoms with Gasteiger partial charge in [0.2, 0.25) is 0 Å². The van der Waals surface area contributed by atoms with Gasteiger partial charge in [-0.2, -0.15) is 0 Å². The number of hydrogen-bond acceptors (Lipinski definition) is 5. The Morgan fingerprint density at radius 3 is 3.06 bits per heavy atom. The van der Waals surface area contributed by atoms with Crippen molar-refractivity contribution in [3.63, 3.8) is 0 Å². The Morgan fingerprint density at radius 2 is 2.21 bits per heavy atom. The average Bonchev–Trinajstić information content (AvgIpc) is 3.60. The van der Waals surface area contributed by atoms with Crippen molar-refractivity contribution in [1.29, 1.82) is 0 Å². The van der Waals surface area contributed by atoms with Gasteiger partial charge in [-0.1, -0.05) is 36.4 Å². The summed E-state index contributed by atoms with van der Waals surface area (Å²) in [6.07, 6.45) is 10.1. The van der Waals surface area contributed by atoms with E-state index in [1.54, 1.807) is 22.9 Å². The molecule has 168 valence electrons. The van der Waals surface area contributed by atoms with Gasteiger partial charge in [0.25, 0.3) is 5.91 Å². The summed E-state index contributed by atoms with van der Waals surface area (Å²) < 4.78 is 0. The molecule has 0 aliphatic heterocycles. The quantitative estimate of drug-likeness (QED) is 0.200. The third-order valence-electron chi connectivity index (χ3n) is 6.36. The van der Waals surface area contributed by atoms with E-state index in [1.807, 2.05) is 17.6 Å². The summed E-state index contributed by atoms with van der Waals surface area (Å²) in [4.78, 5) is 21.8. The fourth-order valence-electron chi connectivity index (χ4n) is 4.76. The first-order valence-electron chi connectivity index (χ1n) is 11.1. The van der Waals surface area contributed by atoms with E-state index < -0.39 is 5.91 Å². The minimum absolute atomic E-state index is 0.341. The van der Waals surface area contributed by atoms with E-state index in [4.69, 9.17) is 5.21 Å². The monoisotopic (exact) mass is 458 g/mol. The molecule has 1 unspecified atom stereocenters. The summed E-state index contributed by atoms with van der Waals surface area (Å²) in [5.41, 5.74) is 7.79. The fourth-order valence-corrected chi connectivity index (χ4v) is 5.40. The number of benzene rings is 2. The van der Waals surface area contributed by atoms with Crippen LogP contribution >= 0.6 is 11.3 Å². The molecule has 7 heteroatoms. The first-order valence-corrected chi connectivity index (χ1v) is 12.0. The highest BCUT2D eigenvalue weighted by molar-refractivity contribution is 7.09. The standard InChI is InChI=1S/C26H26N4O2S/c31-25(29-32)10-6-18-5-8-22-19(15-18)7-9-24(22)30(17-26-27-12-14-33-26)13-11-20-16-28-23-4-2-1-3-21(20)23/h1-6,8,10,12,14-16,24,28,32H,7,9,11,13,17H2,(H,29,31). The Balaban J connectivity index is 1.37. The second kappa shape index (κ2) is 9.70. The fraction of sp³-hybridized carbons (Fsp3) is 0.231. The zero-order valence-corrected chi connectivity index (χ0v) is 19.0. The van der Waals surface area contributed by atoms with E-state index in [0.717, 1.165) is 42.9 Å². The molecule has 2 heterocycles. The summed E-state index contributed by atoms with van der Waals surface area (Å²) in [5, 5.41) is 13.2. The van der Waals surface area contributed by atoms with Gasteiger partial charge in [0.05, 0.1) is 6.54 Å². The number of rotatable bonds is 8. The molecule has 0 saturated heterocycles. The normalized spacial score (nSPS) is 15.5. The first-order chi connectivity index (χ1) is 16.2. The van der Waals surface area contributed by atoms with Gasteiger partial charge in [-0.3, -0.25) is 14.9 Å². The number of nitrogens with one attached hydrogen (secondary N) is 2. The van der Waals surface area contributed by atoms with Crippen molar-refractivity contribution >= 4 is 34.2 Å². The smallest absolute Gasteiger partial charge is 0.267 e. The van der Waals surface area contributed by atoms with Gasteiger partial charge < -0.3 is 4.98 Å². The van der Waals surface area contributed by atoms with Crippen LogP contribution in [-0.2, 0) is 24.2 Å². The topological polar surface area (TPSA) is 81.2 Å². The van der Waals surface area contributed by atoms with Crippen molar-refractivity contribution in [3.8, 4) is 0 Å². The number of thiazole rings is 1. The van der Waals surface area contributed by atoms with Crippen molar-refractivity contribution in [2.24, 2.45) is 0 Å². The third-order valence-corrected chi connectivity index (χ3v) is 7.12. The van der Waals surface area contributed by atoms with Gasteiger partial charge in [-0.05, 0) is 53.7 Å². The second-order valence-electron chi connectivity index (χ2n) is 8.33. The highest BCUT2D eigenvalue weighted by atomic mass is 32.1. The number of fused-ring (bicyclic) bond motifs is 2. The summed E-state index contributed by atoms with van der Waals surface area (Å²) in [5.74, 6) is -0.528. The summed E-state index contributed by atoms with van der Waals surface area (Å²) in [6.45, 7) is 1.78. The molecule has 1 amide bonds. The number of para-hydroxylation sites is 1. The van der Waals surface area contributed by atoms with Crippen LogP contribution in [0.2, 0.25) is 0 Å². The zero-order valence-electron chi connectivity index (χ0n) is 18.2. The van der Waals surface area contributed by atoms with Crippen LogP contribution in [0.1, 0.15) is 39.7 Å². The van der Waals surface area contributed by atoms with Crippen molar-refractivity contribution in [3.05, 3.63) is 93.6 Å². The second-order valence-corrected chi connectivity index (χ2v) is 9.31. The van der Waals surface area contributed by atoms with E-state index in [9.17, 15) is 4.79 Å². The Bertz CT molecular complexity index is 1280. The number of aromatic nitrogens is 2. The molecule has 2 aromatic carbocycles. The largest absolute Gasteiger partial charge is 0.361 e. The van der Waals surface area contributed by atoms with Crippen LogP contribution in [0.3, 0.4) is 0 Å². The lowest BCUT2D eigenvalue weighted by Gasteiger charge is -2.29. The van der Waals surface area contributed by atoms with Gasteiger partial charge in [0, 0.05) is 47.3 Å². The molecule has 0 spiro atoms. The molecule has 1 aliphatic rings. The Morgan fingerprint density at radius 1 is 1.30 bits per heavy atom. The minimum atomic E-state index is -0.528. The summed E-state index contributed by atoms with van der Waals surface area (Å²) in [6, 6.07) is 15.2. The molecule has 33 heavy (non-hydrogen) atoms. The van der Waals surface area contributed by atoms with Crippen LogP contribution in [0.5, 0.6) is 0 Å². The number of H-pyrrole nitrogens is 1. The maximum absolute atomic E-state index is 11.3. The number of carbonyl (C=O) groups is 1. The number of nitrogens with zero attached hydrogens (tertiary/aromatic N) is 2. The Kier molecular flexibility index (Phi) is 6.35. The third kappa shape index (κ3) is 4.75. The van der Waals surface area contributed by atoms with E-state index in [2.05, 4.69) is 57.5 Å². The van der Waals surface area contributed by atoms with Crippen LogP contribution < -0.4 is 5.48 Å². The molecule has 3 N–H and O–H groups in total. The van der Waals surface area contributed by atoms with Crippen molar-refractivity contribution in [2.45, 2.75) is 31.8 Å². The summed E-state index contributed by atoms with van der Waals surface area (Å²) in [7, 11) is 0. The molecule has 5 rings (SSSR count). The number of amides is 1. The molecule has 0 radical (unpaired) electrons. The van der Waals surface area contributed by atoms with Gasteiger partial charge >= 0.3 is 0 Å². The number of aryl methyl sites for hydroxylation is 1. The first kappa shape index (κ1) is 21.6. The minimum Gasteiger partial charge on any atom is -0.361 e. The molecule has 1 aliphatic carbocycles. The Labute approximate surface area is 196 Å². The van der Waals surface area contributed by atoms with E-state index in [1.165, 1.54) is 33.7 Å². The predicted octanol–water partition coefficient (Wildman–Crippen LogP) is 4.88. The number of carbonyl (C=O) groups excluding carboxylic acids is 1. The predicted molar refractivity (Wildman–Crippen MR) is 131 cm³/mol. The molecular weight excluding hydrogens is 432 g/mol. The van der Waals surface area contributed by atoms with Crippen LogP contribution in [0.15, 0.2) is 66.3 Å². The van der Waals surface area contributed by atoms with Crippen molar-refractivity contribution in [1.82, 2.24) is 20.3 Å². The molecule has 1 atom stereocenters. The van der Waals surface area contributed by atoms with Crippen LogP contribution in [-0.4, -0.2) is 32.5 Å². The number of hydroxylamine groups is 1. The zero-order chi connectivity index (χ0) is 22.6. The van der Waals surface area contributed by atoms with Crippen molar-refractivity contribution < 1.29 is 10.0 Å². The number of hydrogen-bond donors (Lipinski definition) is 3. The molecule has 2 aromatic heterocycles. The summed E-state index contributed by atoms with van der Waals surface area (Å²) >= 11 is 1.70. The van der Waals surface area contributed by atoms with Crippen LogP contribution in [0.4, 0.5) is 0 Å². The molecule has 0 fully saturated rings. The molecule has 0 saturated carbocycles. The van der Waals surface area contributed by atoms with Gasteiger partial charge in [-0.15, -0.1) is 11.3 Å². The maximum Gasteiger partial charge on any atom is 0.267 e. The van der Waals surface area contributed by atoms with Gasteiger partial charge in [0.15, 0.2) is 0 Å². The lowest BCUT2D eigenvalue weighted by molar-refractivity contribution is -0.124. The highest BCUT2D eigenvalue weighted by Gasteiger charge is 2.28. The molecular formula is C26H26N4O2S. The van der Waals surface area contributed by atoms with E-state index in [-0.39, 0.29) is 0 Å². The highest BCUT2D eigenvalue weighted by Crippen LogP contribution is 2.37. The van der Waals surface area contributed by atoms with Crippen molar-refractivity contribution in [2.75, 3.05) is 6.54 Å². The SMILES string of the molecule is O=C(C=Cc1ccc2c(c1)CCC2N(CCc1c[nH]c2ccccc12)Cc1nccs1)NO. The molecule has 4 aromatic rings. The Hall–Kier alpha value is -3.26. The lowest BCUT2D eigenvalue weighted by atomic mass is 10.0. The number of aromatic amines is 1. The van der Waals surface area contributed by atoms with Gasteiger partial charge in [0.1, 0.15) is 5.01 Å². The van der Waals surface area contributed by atoms with E-state index >= 15 is 0 Å². The van der Waals surface area contributed by atoms with Crippen LogP contribution in [0, 0.1) is 0 Å². The average molecular weight is 459 g/mol. The van der Waals surface area contributed by atoms with Gasteiger partial charge in [-0.25, -0.2) is 10.5 Å². The van der Waals surface area contributed by atoms with Crippen LogP contribution in [0.25, 0.3) is 17.0 Å². The molecule has 0 bridgehead atoms.